The summed E-state index contributed by atoms with van der Waals surface area (Å²) in [5.41, 5.74) is 7.37. The predicted octanol–water partition coefficient (Wildman–Crippen LogP) is 4.16. The molecule has 0 amide bonds. The summed E-state index contributed by atoms with van der Waals surface area (Å²) < 4.78 is 58.1. The number of allylic oxidation sites excluding steroid dienone is 2. The van der Waals surface area contributed by atoms with E-state index < -0.39 is 41.2 Å². The number of nitrogens with one attached hydrogen (secondary N) is 3. The second-order valence-electron chi connectivity index (χ2n) is 5.94. The molecule has 6 nitrogen and oxygen atoms in total. The summed E-state index contributed by atoms with van der Waals surface area (Å²) >= 11 is 0. The highest BCUT2D eigenvalue weighted by Gasteiger charge is 2.45. The molecule has 2 rings (SSSR count). The summed E-state index contributed by atoms with van der Waals surface area (Å²) in [5.74, 6) is -7.45. The van der Waals surface area contributed by atoms with E-state index in [-0.39, 0.29) is 5.70 Å². The van der Waals surface area contributed by atoms with E-state index >= 15 is 8.78 Å². The van der Waals surface area contributed by atoms with Crippen LogP contribution in [0.15, 0.2) is 53.4 Å². The van der Waals surface area contributed by atoms with Crippen LogP contribution in [0.25, 0.3) is 0 Å². The average molecular weight is 406 g/mol. The van der Waals surface area contributed by atoms with Gasteiger partial charge < -0.3 is 16.6 Å². The van der Waals surface area contributed by atoms with Gasteiger partial charge in [-0.1, -0.05) is 6.07 Å². The fourth-order valence-corrected chi connectivity index (χ4v) is 2.61. The zero-order valence-electron chi connectivity index (χ0n) is 15.0. The largest absolute Gasteiger partial charge is 0.402 e. The highest BCUT2D eigenvalue weighted by molar-refractivity contribution is 6.14. The van der Waals surface area contributed by atoms with Crippen LogP contribution >= 0.6 is 0 Å². The number of alkyl halides is 2. The summed E-state index contributed by atoms with van der Waals surface area (Å²) in [6.45, 7) is 0. The Morgan fingerprint density at radius 2 is 1.97 bits per heavy atom. The van der Waals surface area contributed by atoms with Gasteiger partial charge in [-0.05, 0) is 29.8 Å². The lowest BCUT2D eigenvalue weighted by Crippen LogP contribution is -2.27. The van der Waals surface area contributed by atoms with Crippen LogP contribution in [0.2, 0.25) is 0 Å². The van der Waals surface area contributed by atoms with E-state index in [4.69, 9.17) is 16.6 Å². The lowest BCUT2D eigenvalue weighted by molar-refractivity contribution is -0.0394. The minimum Gasteiger partial charge on any atom is -0.402 e. The van der Waals surface area contributed by atoms with Crippen molar-refractivity contribution in [2.24, 2.45) is 10.8 Å². The van der Waals surface area contributed by atoms with Crippen LogP contribution < -0.4 is 11.2 Å². The lowest BCUT2D eigenvalue weighted by Gasteiger charge is -2.27. The van der Waals surface area contributed by atoms with Crippen LogP contribution in [0, 0.1) is 22.5 Å². The highest BCUT2D eigenvalue weighted by Crippen LogP contribution is 2.45. The summed E-state index contributed by atoms with van der Waals surface area (Å²) in [5, 5.41) is 17.5. The maximum atomic E-state index is 15.3. The standard InChI is InChI=1S/C19H18F4N6/c20-12-1-3-15(17(21)9-12)16(10-13(26)5-6-24)19(22,23)18-4-2-14(11-27-18)29-28-8-7-25/h1-9,11,16,24-25,29H,10,26H2/b13-5?,24-6?,25-7?,28-8-. The third kappa shape index (κ3) is 5.47. The number of benzene rings is 1. The Morgan fingerprint density at radius 1 is 1.21 bits per heavy atom. The molecule has 0 aliphatic heterocycles. The fourth-order valence-electron chi connectivity index (χ4n) is 2.61. The van der Waals surface area contributed by atoms with E-state index in [9.17, 15) is 8.78 Å². The molecule has 0 saturated carbocycles. The van der Waals surface area contributed by atoms with E-state index in [0.29, 0.717) is 11.8 Å². The maximum absolute atomic E-state index is 15.3. The molecule has 1 aromatic carbocycles. The molecule has 1 heterocycles. The molecule has 1 unspecified atom stereocenters. The third-order valence-corrected chi connectivity index (χ3v) is 3.96. The number of hydrogen-bond donors (Lipinski definition) is 4. The summed E-state index contributed by atoms with van der Waals surface area (Å²) in [4.78, 5) is 3.73. The molecule has 0 bridgehead atoms. The topological polar surface area (TPSA) is 111 Å². The van der Waals surface area contributed by atoms with E-state index in [0.717, 1.165) is 49.1 Å². The van der Waals surface area contributed by atoms with Crippen LogP contribution in [0.1, 0.15) is 23.6 Å². The maximum Gasteiger partial charge on any atom is 0.296 e. The molecule has 0 aliphatic carbocycles. The number of nitrogens with zero attached hydrogens (tertiary/aromatic N) is 2. The minimum absolute atomic E-state index is 0.0623. The highest BCUT2D eigenvalue weighted by atomic mass is 19.3. The van der Waals surface area contributed by atoms with Crippen molar-refractivity contribution in [3.05, 3.63) is 71.2 Å². The smallest absolute Gasteiger partial charge is 0.296 e. The number of rotatable bonds is 9. The Balaban J connectivity index is 2.44. The Hall–Kier alpha value is -3.56. The first-order valence-corrected chi connectivity index (χ1v) is 8.32. The number of halogens is 4. The summed E-state index contributed by atoms with van der Waals surface area (Å²) in [6, 6.07) is 4.71. The molecule has 1 atom stereocenters. The molecule has 0 radical (unpaired) electrons. The molecular formula is C19H18F4N6. The number of pyridine rings is 1. The van der Waals surface area contributed by atoms with Gasteiger partial charge in [-0.2, -0.15) is 13.9 Å². The molecule has 0 saturated heterocycles. The van der Waals surface area contributed by atoms with Crippen molar-refractivity contribution in [1.29, 1.82) is 10.8 Å². The molecule has 5 N–H and O–H groups in total. The Labute approximate surface area is 164 Å². The second kappa shape index (κ2) is 9.58. The number of aromatic nitrogens is 1. The first-order chi connectivity index (χ1) is 13.8. The van der Waals surface area contributed by atoms with Crippen molar-refractivity contribution in [3.63, 3.8) is 0 Å². The van der Waals surface area contributed by atoms with E-state index in [1.165, 1.54) is 6.07 Å². The van der Waals surface area contributed by atoms with Crippen LogP contribution in [0.5, 0.6) is 0 Å². The van der Waals surface area contributed by atoms with Gasteiger partial charge in [0.15, 0.2) is 0 Å². The molecule has 10 heteroatoms. The van der Waals surface area contributed by atoms with E-state index in [1.54, 1.807) is 0 Å². The van der Waals surface area contributed by atoms with Crippen molar-refractivity contribution >= 4 is 24.3 Å². The Kier molecular flexibility index (Phi) is 7.18. The molecule has 0 spiro atoms. The van der Waals surface area contributed by atoms with Crippen LogP contribution in [0.4, 0.5) is 23.2 Å². The van der Waals surface area contributed by atoms with E-state index in [1.807, 2.05) is 0 Å². The van der Waals surface area contributed by atoms with Gasteiger partial charge in [0, 0.05) is 30.6 Å². The summed E-state index contributed by atoms with van der Waals surface area (Å²) in [6.07, 6.45) is 4.66. The van der Waals surface area contributed by atoms with Crippen molar-refractivity contribution in [1.82, 2.24) is 4.98 Å². The zero-order chi connectivity index (χ0) is 21.4. The number of hydrazone groups is 1. The Morgan fingerprint density at radius 3 is 2.55 bits per heavy atom. The third-order valence-electron chi connectivity index (χ3n) is 3.96. The van der Waals surface area contributed by atoms with Gasteiger partial charge in [-0.3, -0.25) is 10.4 Å². The van der Waals surface area contributed by atoms with Gasteiger partial charge >= 0.3 is 0 Å². The Bertz CT molecular complexity index is 925. The lowest BCUT2D eigenvalue weighted by atomic mass is 9.86. The van der Waals surface area contributed by atoms with Gasteiger partial charge in [0.1, 0.15) is 17.3 Å². The van der Waals surface area contributed by atoms with Gasteiger partial charge in [-0.15, -0.1) is 0 Å². The minimum atomic E-state index is -3.66. The quantitative estimate of drug-likeness (QED) is 0.285. The number of anilines is 1. The van der Waals surface area contributed by atoms with Crippen molar-refractivity contribution < 1.29 is 17.6 Å². The number of nitrogens with two attached hydrogens (primary N) is 1. The van der Waals surface area contributed by atoms with Crippen molar-refractivity contribution in [2.75, 3.05) is 5.43 Å². The van der Waals surface area contributed by atoms with Crippen LogP contribution in [-0.4, -0.2) is 23.6 Å². The normalized spacial score (nSPS) is 13.3. The molecule has 152 valence electrons. The predicted molar refractivity (Wildman–Crippen MR) is 104 cm³/mol. The van der Waals surface area contributed by atoms with Crippen molar-refractivity contribution in [2.45, 2.75) is 18.3 Å². The molecular weight excluding hydrogens is 388 g/mol. The van der Waals surface area contributed by atoms with Gasteiger partial charge in [0.25, 0.3) is 5.92 Å². The molecule has 1 aromatic heterocycles. The molecule has 0 fully saturated rings. The monoisotopic (exact) mass is 406 g/mol. The van der Waals surface area contributed by atoms with E-state index in [2.05, 4.69) is 15.5 Å². The second-order valence-corrected chi connectivity index (χ2v) is 5.94. The van der Waals surface area contributed by atoms with Crippen molar-refractivity contribution in [3.8, 4) is 0 Å². The molecule has 0 aliphatic rings. The number of hydrogen-bond acceptors (Lipinski definition) is 6. The first-order valence-electron chi connectivity index (χ1n) is 8.32. The molecule has 29 heavy (non-hydrogen) atoms. The summed E-state index contributed by atoms with van der Waals surface area (Å²) in [7, 11) is 0. The first kappa shape index (κ1) is 21.7. The zero-order valence-corrected chi connectivity index (χ0v) is 15.0. The van der Waals surface area contributed by atoms with Gasteiger partial charge in [0.2, 0.25) is 0 Å². The average Bonchev–Trinajstić information content (AvgIpc) is 2.67. The fraction of sp³-hybridized carbons (Fsp3) is 0.158. The van der Waals surface area contributed by atoms with Crippen LogP contribution in [0.3, 0.4) is 0 Å². The molecule has 2 aromatic rings. The van der Waals surface area contributed by atoms with Crippen LogP contribution in [-0.2, 0) is 5.92 Å². The van der Waals surface area contributed by atoms with Gasteiger partial charge in [0.05, 0.1) is 24.0 Å². The van der Waals surface area contributed by atoms with Gasteiger partial charge in [-0.25, -0.2) is 8.78 Å². The SMILES string of the molecule is N=CC=C(N)CC(c1ccc(F)cc1F)C(F)(F)c1ccc(N/N=C\C=N)cn1.